The van der Waals surface area contributed by atoms with Gasteiger partial charge in [-0.3, -0.25) is 10.1 Å². The van der Waals surface area contributed by atoms with E-state index in [1.54, 1.807) is 12.1 Å². The minimum Gasteiger partial charge on any atom is -0.401 e. The van der Waals surface area contributed by atoms with Crippen LogP contribution >= 0.6 is 0 Å². The number of hydrogen-bond donors (Lipinski definition) is 0. The molecule has 0 saturated heterocycles. The van der Waals surface area contributed by atoms with Gasteiger partial charge in [0.2, 0.25) is 0 Å². The molecule has 0 radical (unpaired) electrons. The molecule has 0 aliphatic rings. The van der Waals surface area contributed by atoms with Gasteiger partial charge in [0.05, 0.1) is 6.07 Å². The molecule has 0 bridgehead atoms. The maximum atomic E-state index is 10.3. The monoisotopic (exact) mass is 215 g/mol. The highest BCUT2D eigenvalue weighted by Gasteiger charge is 2.09. The van der Waals surface area contributed by atoms with Gasteiger partial charge in [0.15, 0.2) is 0 Å². The molecule has 6 heteroatoms. The topological polar surface area (TPSA) is 104 Å². The predicted molar refractivity (Wildman–Crippen MR) is 53.7 cm³/mol. The summed E-state index contributed by atoms with van der Waals surface area (Å²) in [6.07, 6.45) is 4.11. The molecule has 16 heavy (non-hydrogen) atoms. The summed E-state index contributed by atoms with van der Waals surface area (Å²) < 4.78 is 4.81. The normalized spacial score (nSPS) is 9.38. The summed E-state index contributed by atoms with van der Waals surface area (Å²) in [5.74, 6) is -0.0809. The largest absolute Gasteiger partial charge is 0.433 e. The first-order chi connectivity index (χ1) is 7.67. The Morgan fingerprint density at radius 1 is 1.44 bits per heavy atom. The zero-order valence-corrected chi connectivity index (χ0v) is 7.95. The van der Waals surface area contributed by atoms with Crippen LogP contribution in [0.25, 0.3) is 6.08 Å². The van der Waals surface area contributed by atoms with E-state index in [-0.39, 0.29) is 17.2 Å². The Morgan fingerprint density at radius 2 is 2.12 bits per heavy atom. The SMILES string of the molecule is N#CC(C#N)=C/C=C/c1ccc([N+](=O)[O-])o1. The number of nitriles is 2. The molecule has 0 fully saturated rings. The molecular weight excluding hydrogens is 210 g/mol. The maximum absolute atomic E-state index is 10.3. The van der Waals surface area contributed by atoms with Crippen molar-refractivity contribution in [2.24, 2.45) is 0 Å². The van der Waals surface area contributed by atoms with Crippen LogP contribution in [0.15, 0.2) is 34.3 Å². The van der Waals surface area contributed by atoms with Crippen LogP contribution in [0.5, 0.6) is 0 Å². The first-order valence-corrected chi connectivity index (χ1v) is 4.10. The first kappa shape index (κ1) is 11.2. The van der Waals surface area contributed by atoms with Gasteiger partial charge in [-0.15, -0.1) is 0 Å². The van der Waals surface area contributed by atoms with Gasteiger partial charge in [0.1, 0.15) is 28.4 Å². The second-order valence-electron chi connectivity index (χ2n) is 2.60. The van der Waals surface area contributed by atoms with Gasteiger partial charge in [-0.2, -0.15) is 10.5 Å². The minimum absolute atomic E-state index is 0.0581. The third kappa shape index (κ3) is 2.82. The summed E-state index contributed by atoms with van der Waals surface area (Å²) >= 11 is 0. The lowest BCUT2D eigenvalue weighted by atomic mass is 10.3. The van der Waals surface area contributed by atoms with Gasteiger partial charge in [-0.1, -0.05) is 6.08 Å². The Kier molecular flexibility index (Phi) is 3.59. The smallest absolute Gasteiger partial charge is 0.401 e. The van der Waals surface area contributed by atoms with Crippen LogP contribution < -0.4 is 0 Å². The Bertz CT molecular complexity index is 524. The molecular formula is C10H5N3O3. The van der Waals surface area contributed by atoms with E-state index in [2.05, 4.69) is 0 Å². The molecule has 0 spiro atoms. The van der Waals surface area contributed by atoms with Crippen molar-refractivity contribution < 1.29 is 9.34 Å². The summed E-state index contributed by atoms with van der Waals surface area (Å²) in [5.41, 5.74) is -0.0581. The maximum Gasteiger partial charge on any atom is 0.433 e. The molecule has 6 nitrogen and oxygen atoms in total. The summed E-state index contributed by atoms with van der Waals surface area (Å²) in [7, 11) is 0. The summed E-state index contributed by atoms with van der Waals surface area (Å²) in [5, 5.41) is 27.1. The molecule has 0 aromatic carbocycles. The molecule has 0 aliphatic carbocycles. The average molecular weight is 215 g/mol. The first-order valence-electron chi connectivity index (χ1n) is 4.10. The molecule has 1 aromatic heterocycles. The fourth-order valence-corrected chi connectivity index (χ4v) is 0.869. The Hall–Kier alpha value is -2.86. The lowest BCUT2D eigenvalue weighted by Crippen LogP contribution is -1.82. The van der Waals surface area contributed by atoms with Crippen molar-refractivity contribution in [3.8, 4) is 12.1 Å². The lowest BCUT2D eigenvalue weighted by Gasteiger charge is -1.82. The highest BCUT2D eigenvalue weighted by molar-refractivity contribution is 5.49. The number of allylic oxidation sites excluding steroid dienone is 3. The molecule has 78 valence electrons. The molecule has 1 aromatic rings. The quantitative estimate of drug-likeness (QED) is 0.332. The van der Waals surface area contributed by atoms with Crippen molar-refractivity contribution in [1.82, 2.24) is 0 Å². The minimum atomic E-state index is -0.650. The highest BCUT2D eigenvalue weighted by Crippen LogP contribution is 2.16. The molecule has 0 amide bonds. The van der Waals surface area contributed by atoms with Gasteiger partial charge < -0.3 is 4.42 Å². The molecule has 0 N–H and O–H groups in total. The molecule has 0 unspecified atom stereocenters. The van der Waals surface area contributed by atoms with E-state index in [0.29, 0.717) is 0 Å². The second-order valence-corrected chi connectivity index (χ2v) is 2.60. The summed E-state index contributed by atoms with van der Waals surface area (Å²) in [6, 6.07) is 5.98. The van der Waals surface area contributed by atoms with E-state index in [0.717, 1.165) is 0 Å². The number of rotatable bonds is 3. The molecule has 0 saturated carbocycles. The molecule has 1 rings (SSSR count). The average Bonchev–Trinajstić information content (AvgIpc) is 2.73. The zero-order chi connectivity index (χ0) is 12.0. The molecule has 0 aliphatic heterocycles. The van der Waals surface area contributed by atoms with Crippen molar-refractivity contribution >= 4 is 12.0 Å². The van der Waals surface area contributed by atoms with Crippen molar-refractivity contribution in [2.45, 2.75) is 0 Å². The van der Waals surface area contributed by atoms with Crippen molar-refractivity contribution in [2.75, 3.05) is 0 Å². The fourth-order valence-electron chi connectivity index (χ4n) is 0.869. The van der Waals surface area contributed by atoms with Crippen LogP contribution in [0.2, 0.25) is 0 Å². The highest BCUT2D eigenvalue weighted by atomic mass is 16.6. The van der Waals surface area contributed by atoms with Crippen LogP contribution in [-0.4, -0.2) is 4.92 Å². The standard InChI is InChI=1S/C10H5N3O3/c11-6-8(7-12)2-1-3-9-4-5-10(16-9)13(14)15/h1-5H/b3-1+. The third-order valence-electron chi connectivity index (χ3n) is 1.56. The van der Waals surface area contributed by atoms with Gasteiger partial charge in [-0.05, 0) is 18.2 Å². The van der Waals surface area contributed by atoms with Crippen molar-refractivity contribution in [3.63, 3.8) is 0 Å². The van der Waals surface area contributed by atoms with Gasteiger partial charge >= 0.3 is 5.88 Å². The fraction of sp³-hybridized carbons (Fsp3) is 0. The van der Waals surface area contributed by atoms with E-state index < -0.39 is 4.92 Å². The van der Waals surface area contributed by atoms with Crippen molar-refractivity contribution in [3.05, 3.63) is 45.7 Å². The number of hydrogen-bond acceptors (Lipinski definition) is 5. The van der Waals surface area contributed by atoms with Crippen LogP contribution in [-0.2, 0) is 0 Å². The van der Waals surface area contributed by atoms with Crippen LogP contribution in [0.1, 0.15) is 5.76 Å². The van der Waals surface area contributed by atoms with E-state index in [1.165, 1.54) is 30.4 Å². The molecule has 0 atom stereocenters. The van der Waals surface area contributed by atoms with E-state index in [9.17, 15) is 10.1 Å². The number of nitrogens with zero attached hydrogens (tertiary/aromatic N) is 3. The van der Waals surface area contributed by atoms with E-state index >= 15 is 0 Å². The summed E-state index contributed by atoms with van der Waals surface area (Å²) in [6.45, 7) is 0. The molecule has 1 heterocycles. The predicted octanol–water partition coefficient (Wildman–Crippen LogP) is 2.17. The number of furan rings is 1. The van der Waals surface area contributed by atoms with Crippen LogP contribution in [0, 0.1) is 32.8 Å². The summed E-state index contributed by atoms with van der Waals surface area (Å²) in [4.78, 5) is 9.63. The van der Waals surface area contributed by atoms with Crippen LogP contribution in [0.3, 0.4) is 0 Å². The Morgan fingerprint density at radius 3 is 2.62 bits per heavy atom. The van der Waals surface area contributed by atoms with Gasteiger partial charge in [-0.25, -0.2) is 0 Å². The Labute approximate surface area is 90.5 Å². The third-order valence-corrected chi connectivity index (χ3v) is 1.56. The van der Waals surface area contributed by atoms with Gasteiger partial charge in [0, 0.05) is 0 Å². The lowest BCUT2D eigenvalue weighted by molar-refractivity contribution is -0.402. The van der Waals surface area contributed by atoms with Crippen LogP contribution in [0.4, 0.5) is 5.88 Å². The van der Waals surface area contributed by atoms with Gasteiger partial charge in [0.25, 0.3) is 0 Å². The second kappa shape index (κ2) is 5.13. The number of nitro groups is 1. The van der Waals surface area contributed by atoms with E-state index in [1.807, 2.05) is 0 Å². The Balaban J connectivity index is 2.79. The van der Waals surface area contributed by atoms with Crippen molar-refractivity contribution in [1.29, 1.82) is 10.5 Å². The van der Waals surface area contributed by atoms with E-state index in [4.69, 9.17) is 14.9 Å². The zero-order valence-electron chi connectivity index (χ0n) is 7.95.